The molecule has 34 heavy (non-hydrogen) atoms. The first-order chi connectivity index (χ1) is 15.7. The molecule has 0 radical (unpaired) electrons. The van der Waals surface area contributed by atoms with E-state index in [1.165, 1.54) is 24.3 Å². The van der Waals surface area contributed by atoms with Crippen molar-refractivity contribution in [3.8, 4) is 5.75 Å². The van der Waals surface area contributed by atoms with E-state index in [0.29, 0.717) is 19.5 Å². The van der Waals surface area contributed by atoms with Gasteiger partial charge in [0.1, 0.15) is 11.9 Å². The highest BCUT2D eigenvalue weighted by Gasteiger charge is 2.40. The topological polar surface area (TPSA) is 75.7 Å². The molecular formula is C24H29F3N2O4S. The normalized spacial score (nSPS) is 18.5. The van der Waals surface area contributed by atoms with Crippen molar-refractivity contribution in [2.24, 2.45) is 0 Å². The van der Waals surface area contributed by atoms with Crippen molar-refractivity contribution in [2.45, 2.75) is 55.9 Å². The van der Waals surface area contributed by atoms with Crippen LogP contribution in [0, 0.1) is 0 Å². The maximum Gasteiger partial charge on any atom is 0.416 e. The third-order valence-corrected chi connectivity index (χ3v) is 7.24. The van der Waals surface area contributed by atoms with Crippen LogP contribution in [0.15, 0.2) is 53.4 Å². The largest absolute Gasteiger partial charge is 0.489 e. The fourth-order valence-corrected chi connectivity index (χ4v) is 4.50. The number of carbonyl (C=O) groups excluding carboxylic acids is 1. The predicted molar refractivity (Wildman–Crippen MR) is 122 cm³/mol. The van der Waals surface area contributed by atoms with Crippen molar-refractivity contribution < 1.29 is 31.1 Å². The quantitative estimate of drug-likeness (QED) is 0.619. The molecule has 0 aromatic heterocycles. The Morgan fingerprint density at radius 1 is 1.15 bits per heavy atom. The van der Waals surface area contributed by atoms with Gasteiger partial charge in [-0.1, -0.05) is 18.2 Å². The molecule has 1 saturated heterocycles. The number of nitrogens with one attached hydrogen (secondary N) is 1. The summed E-state index contributed by atoms with van der Waals surface area (Å²) < 4.78 is 67.9. The lowest BCUT2D eigenvalue weighted by molar-refractivity contribution is -0.137. The van der Waals surface area contributed by atoms with E-state index in [9.17, 15) is 26.4 Å². The van der Waals surface area contributed by atoms with E-state index in [-0.39, 0.29) is 28.7 Å². The van der Waals surface area contributed by atoms with Crippen molar-refractivity contribution in [1.29, 1.82) is 0 Å². The second-order valence-corrected chi connectivity index (χ2v) is 11.1. The second-order valence-electron chi connectivity index (χ2n) is 9.10. The summed E-state index contributed by atoms with van der Waals surface area (Å²) in [7, 11) is -3.30. The van der Waals surface area contributed by atoms with E-state index in [0.717, 1.165) is 24.0 Å². The van der Waals surface area contributed by atoms with Crippen LogP contribution in [0.1, 0.15) is 44.4 Å². The molecule has 1 heterocycles. The summed E-state index contributed by atoms with van der Waals surface area (Å²) in [6.07, 6.45) is -3.06. The van der Waals surface area contributed by atoms with E-state index in [2.05, 4.69) is 5.32 Å². The first kappa shape index (κ1) is 26.0. The molecule has 1 aliphatic heterocycles. The SMILES string of the molecule is CC(NC(=O)C(C)(C)N1CC[C@@H](Oc2cccc(C(F)(F)F)c2)C1)c1ccc(S(C)(=O)=O)cc1. The van der Waals surface area contributed by atoms with Gasteiger partial charge in [0.15, 0.2) is 9.84 Å². The van der Waals surface area contributed by atoms with Crippen molar-refractivity contribution in [3.05, 3.63) is 59.7 Å². The van der Waals surface area contributed by atoms with E-state index >= 15 is 0 Å². The summed E-state index contributed by atoms with van der Waals surface area (Å²) in [6, 6.07) is 10.8. The van der Waals surface area contributed by atoms with Crippen LogP contribution in [0.3, 0.4) is 0 Å². The Labute approximate surface area is 198 Å². The number of likely N-dealkylation sites (tertiary alicyclic amines) is 1. The number of halogens is 3. The lowest BCUT2D eigenvalue weighted by atomic mass is 10.0. The average molecular weight is 499 g/mol. The summed E-state index contributed by atoms with van der Waals surface area (Å²) in [6.45, 7) is 6.34. The first-order valence-corrected chi connectivity index (χ1v) is 12.8. The van der Waals surface area contributed by atoms with Crippen LogP contribution in [-0.2, 0) is 20.8 Å². The smallest absolute Gasteiger partial charge is 0.416 e. The average Bonchev–Trinajstić information content (AvgIpc) is 3.22. The van der Waals surface area contributed by atoms with Gasteiger partial charge in [-0.15, -0.1) is 0 Å². The third kappa shape index (κ3) is 6.09. The molecule has 1 amide bonds. The van der Waals surface area contributed by atoms with Gasteiger partial charge in [0.2, 0.25) is 5.91 Å². The Hall–Kier alpha value is -2.59. The van der Waals surface area contributed by atoms with E-state index in [1.54, 1.807) is 26.0 Å². The molecule has 0 spiro atoms. The van der Waals surface area contributed by atoms with Crippen LogP contribution < -0.4 is 10.1 Å². The van der Waals surface area contributed by atoms with E-state index in [4.69, 9.17) is 4.74 Å². The van der Waals surface area contributed by atoms with E-state index in [1.807, 2.05) is 11.8 Å². The van der Waals surface area contributed by atoms with Gasteiger partial charge in [0.25, 0.3) is 0 Å². The lowest BCUT2D eigenvalue weighted by Gasteiger charge is -2.35. The zero-order valence-electron chi connectivity index (χ0n) is 19.5. The molecule has 1 fully saturated rings. The first-order valence-electron chi connectivity index (χ1n) is 10.9. The second kappa shape index (κ2) is 9.58. The van der Waals surface area contributed by atoms with Gasteiger partial charge < -0.3 is 10.1 Å². The minimum absolute atomic E-state index is 0.148. The Balaban J connectivity index is 1.61. The Morgan fingerprint density at radius 2 is 1.79 bits per heavy atom. The third-order valence-electron chi connectivity index (χ3n) is 6.11. The molecule has 6 nitrogen and oxygen atoms in total. The number of sulfone groups is 1. The molecule has 2 aromatic rings. The molecule has 0 saturated carbocycles. The Bertz CT molecular complexity index is 1130. The summed E-state index contributed by atoms with van der Waals surface area (Å²) in [5.41, 5.74) is -0.880. The zero-order valence-corrected chi connectivity index (χ0v) is 20.3. The molecular weight excluding hydrogens is 469 g/mol. The van der Waals surface area contributed by atoms with Crippen molar-refractivity contribution in [1.82, 2.24) is 10.2 Å². The van der Waals surface area contributed by atoms with Crippen LogP contribution in [0.2, 0.25) is 0 Å². The number of nitrogens with zero attached hydrogens (tertiary/aromatic N) is 1. The summed E-state index contributed by atoms with van der Waals surface area (Å²) in [4.78, 5) is 15.2. The van der Waals surface area contributed by atoms with Crippen LogP contribution in [0.5, 0.6) is 5.75 Å². The van der Waals surface area contributed by atoms with Gasteiger partial charge in [-0.05, 0) is 63.1 Å². The maximum atomic E-state index is 13.1. The monoisotopic (exact) mass is 498 g/mol. The Morgan fingerprint density at radius 3 is 2.38 bits per heavy atom. The molecule has 1 aliphatic rings. The van der Waals surface area contributed by atoms with Crippen LogP contribution in [0.4, 0.5) is 13.2 Å². The minimum atomic E-state index is -4.44. The van der Waals surface area contributed by atoms with Crippen LogP contribution in [0.25, 0.3) is 0 Å². The van der Waals surface area contributed by atoms with Crippen molar-refractivity contribution >= 4 is 15.7 Å². The molecule has 2 atom stereocenters. The highest BCUT2D eigenvalue weighted by Crippen LogP contribution is 2.32. The number of rotatable bonds is 7. The molecule has 10 heteroatoms. The molecule has 1 N–H and O–H groups in total. The number of hydrogen-bond donors (Lipinski definition) is 1. The summed E-state index contributed by atoms with van der Waals surface area (Å²) in [5.74, 6) is -0.0676. The zero-order chi connectivity index (χ0) is 25.3. The fourth-order valence-electron chi connectivity index (χ4n) is 3.87. The molecule has 3 rings (SSSR count). The molecule has 0 bridgehead atoms. The highest BCUT2D eigenvalue weighted by molar-refractivity contribution is 7.90. The van der Waals surface area contributed by atoms with Crippen molar-refractivity contribution in [3.63, 3.8) is 0 Å². The number of benzene rings is 2. The van der Waals surface area contributed by atoms with Gasteiger partial charge in [-0.3, -0.25) is 9.69 Å². The summed E-state index contributed by atoms with van der Waals surface area (Å²) >= 11 is 0. The number of ether oxygens (including phenoxy) is 1. The van der Waals surface area contributed by atoms with Gasteiger partial charge in [-0.25, -0.2) is 8.42 Å². The van der Waals surface area contributed by atoms with Crippen LogP contribution >= 0.6 is 0 Å². The molecule has 1 unspecified atom stereocenters. The highest BCUT2D eigenvalue weighted by atomic mass is 32.2. The molecule has 186 valence electrons. The standard InChI is InChI=1S/C24H29F3N2O4S/c1-16(17-8-10-21(11-9-17)34(4,31)32)28-22(30)23(2,3)29-13-12-20(15-29)33-19-7-5-6-18(14-19)24(25,26)27/h5-11,14,16,20H,12-13,15H2,1-4H3,(H,28,30)/t16?,20-/m1/s1. The number of amides is 1. The number of carbonyl (C=O) groups is 1. The molecule has 2 aromatic carbocycles. The number of alkyl halides is 3. The minimum Gasteiger partial charge on any atom is -0.489 e. The molecule has 0 aliphatic carbocycles. The number of hydrogen-bond acceptors (Lipinski definition) is 5. The van der Waals surface area contributed by atoms with Crippen molar-refractivity contribution in [2.75, 3.05) is 19.3 Å². The van der Waals surface area contributed by atoms with Gasteiger partial charge in [0, 0.05) is 19.3 Å². The van der Waals surface area contributed by atoms with Crippen LogP contribution in [-0.4, -0.2) is 50.2 Å². The van der Waals surface area contributed by atoms with Gasteiger partial charge in [0.05, 0.1) is 22.0 Å². The maximum absolute atomic E-state index is 13.1. The van der Waals surface area contributed by atoms with E-state index < -0.39 is 27.1 Å². The fraction of sp³-hybridized carbons (Fsp3) is 0.458. The summed E-state index contributed by atoms with van der Waals surface area (Å²) in [5, 5.41) is 2.96. The lowest BCUT2D eigenvalue weighted by Crippen LogP contribution is -2.54. The van der Waals surface area contributed by atoms with Gasteiger partial charge >= 0.3 is 6.18 Å². The predicted octanol–water partition coefficient (Wildman–Crippen LogP) is 4.22. The van der Waals surface area contributed by atoms with Gasteiger partial charge in [-0.2, -0.15) is 13.2 Å². The Kier molecular flexibility index (Phi) is 7.33.